The third-order valence-electron chi connectivity index (χ3n) is 4.74. The van der Waals surface area contributed by atoms with Crippen molar-refractivity contribution in [1.82, 2.24) is 14.3 Å². The van der Waals surface area contributed by atoms with Gasteiger partial charge in [0.1, 0.15) is 5.65 Å². The monoisotopic (exact) mass is 319 g/mol. The Balaban J connectivity index is 1.73. The first-order chi connectivity index (χ1) is 11.7. The highest BCUT2D eigenvalue weighted by atomic mass is 16.2. The van der Waals surface area contributed by atoms with Crippen LogP contribution in [0.25, 0.3) is 16.9 Å². The fraction of sp³-hybridized carbons (Fsp3) is 0.300. The van der Waals surface area contributed by atoms with E-state index in [9.17, 15) is 4.79 Å². The first-order valence-electron chi connectivity index (χ1n) is 8.57. The molecule has 0 spiro atoms. The number of imidazole rings is 1. The summed E-state index contributed by atoms with van der Waals surface area (Å²) in [6.07, 6.45) is 5.40. The minimum Gasteiger partial charge on any atom is -0.339 e. The van der Waals surface area contributed by atoms with Gasteiger partial charge in [-0.1, -0.05) is 30.3 Å². The molecule has 1 amide bonds. The zero-order valence-electron chi connectivity index (χ0n) is 13.9. The molecular weight excluding hydrogens is 298 g/mol. The van der Waals surface area contributed by atoms with Crippen LogP contribution >= 0.6 is 0 Å². The predicted octanol–water partition coefficient (Wildman–Crippen LogP) is 3.94. The van der Waals surface area contributed by atoms with Gasteiger partial charge in [0.15, 0.2) is 0 Å². The average Bonchev–Trinajstić information content (AvgIpc) is 2.97. The number of pyridine rings is 1. The first kappa shape index (κ1) is 14.9. The molecule has 3 aromatic rings. The lowest BCUT2D eigenvalue weighted by Gasteiger charge is -2.26. The summed E-state index contributed by atoms with van der Waals surface area (Å²) in [6, 6.07) is 14.1. The van der Waals surface area contributed by atoms with Gasteiger partial charge >= 0.3 is 0 Å². The molecule has 0 aliphatic carbocycles. The molecule has 4 rings (SSSR count). The molecule has 3 heterocycles. The molecule has 24 heavy (non-hydrogen) atoms. The van der Waals surface area contributed by atoms with Gasteiger partial charge in [0.05, 0.1) is 11.4 Å². The van der Waals surface area contributed by atoms with E-state index in [0.717, 1.165) is 54.1 Å². The number of carbonyl (C=O) groups excluding carboxylic acids is 1. The van der Waals surface area contributed by atoms with Crippen molar-refractivity contribution in [2.75, 3.05) is 13.1 Å². The van der Waals surface area contributed by atoms with Crippen molar-refractivity contribution < 1.29 is 4.79 Å². The van der Waals surface area contributed by atoms with Crippen LogP contribution in [0.1, 0.15) is 35.3 Å². The topological polar surface area (TPSA) is 37.6 Å². The van der Waals surface area contributed by atoms with Crippen molar-refractivity contribution in [2.45, 2.75) is 26.2 Å². The Labute approximate surface area is 141 Å². The number of fused-ring (bicyclic) bond motifs is 1. The summed E-state index contributed by atoms with van der Waals surface area (Å²) in [5, 5.41) is 0. The zero-order chi connectivity index (χ0) is 16.5. The van der Waals surface area contributed by atoms with E-state index in [4.69, 9.17) is 0 Å². The average molecular weight is 319 g/mol. The van der Waals surface area contributed by atoms with Gasteiger partial charge in [-0.3, -0.25) is 9.20 Å². The van der Waals surface area contributed by atoms with Crippen LogP contribution in [0.2, 0.25) is 0 Å². The van der Waals surface area contributed by atoms with Gasteiger partial charge < -0.3 is 4.90 Å². The number of piperidine rings is 1. The molecule has 122 valence electrons. The van der Waals surface area contributed by atoms with Crippen molar-refractivity contribution in [3.63, 3.8) is 0 Å². The van der Waals surface area contributed by atoms with Gasteiger partial charge in [0, 0.05) is 30.4 Å². The molecule has 0 bridgehead atoms. The van der Waals surface area contributed by atoms with E-state index in [1.54, 1.807) is 0 Å². The Bertz CT molecular complexity index is 877. The Morgan fingerprint density at radius 3 is 2.54 bits per heavy atom. The lowest BCUT2D eigenvalue weighted by molar-refractivity contribution is 0.0724. The molecule has 4 nitrogen and oxygen atoms in total. The van der Waals surface area contributed by atoms with Crippen LogP contribution in [0.5, 0.6) is 0 Å². The molecule has 0 unspecified atom stereocenters. The quantitative estimate of drug-likeness (QED) is 0.717. The van der Waals surface area contributed by atoms with Crippen LogP contribution < -0.4 is 0 Å². The summed E-state index contributed by atoms with van der Waals surface area (Å²) < 4.78 is 2.07. The largest absolute Gasteiger partial charge is 0.339 e. The maximum absolute atomic E-state index is 12.7. The van der Waals surface area contributed by atoms with Crippen LogP contribution in [-0.4, -0.2) is 33.3 Å². The second kappa shape index (κ2) is 6.11. The number of nitrogens with zero attached hydrogens (tertiary/aromatic N) is 3. The Morgan fingerprint density at radius 1 is 1.04 bits per heavy atom. The van der Waals surface area contributed by atoms with E-state index in [-0.39, 0.29) is 5.91 Å². The number of benzene rings is 1. The van der Waals surface area contributed by atoms with E-state index in [1.807, 2.05) is 48.4 Å². The second-order valence-corrected chi connectivity index (χ2v) is 6.41. The third kappa shape index (κ3) is 2.58. The lowest BCUT2D eigenvalue weighted by Crippen LogP contribution is -2.35. The first-order valence-corrected chi connectivity index (χ1v) is 8.57. The van der Waals surface area contributed by atoms with Crippen LogP contribution in [0, 0.1) is 6.92 Å². The van der Waals surface area contributed by atoms with Crippen molar-refractivity contribution in [3.05, 3.63) is 59.9 Å². The molecule has 4 heteroatoms. The van der Waals surface area contributed by atoms with Gasteiger partial charge in [0.2, 0.25) is 0 Å². The van der Waals surface area contributed by atoms with Crippen LogP contribution in [-0.2, 0) is 0 Å². The number of aryl methyl sites for hydroxylation is 1. The molecule has 2 aromatic heterocycles. The van der Waals surface area contributed by atoms with Crippen molar-refractivity contribution >= 4 is 11.6 Å². The number of carbonyl (C=O) groups is 1. The maximum atomic E-state index is 12.7. The number of rotatable bonds is 2. The minimum atomic E-state index is 0.124. The number of amides is 1. The van der Waals surface area contributed by atoms with Crippen LogP contribution in [0.15, 0.2) is 48.7 Å². The van der Waals surface area contributed by atoms with Crippen molar-refractivity contribution in [3.8, 4) is 11.3 Å². The number of hydrogen-bond donors (Lipinski definition) is 0. The molecule has 0 saturated carbocycles. The zero-order valence-corrected chi connectivity index (χ0v) is 13.9. The van der Waals surface area contributed by atoms with Gasteiger partial charge in [-0.2, -0.15) is 0 Å². The van der Waals surface area contributed by atoms with Crippen LogP contribution in [0.4, 0.5) is 0 Å². The fourth-order valence-corrected chi connectivity index (χ4v) is 3.52. The summed E-state index contributed by atoms with van der Waals surface area (Å²) in [4.78, 5) is 19.3. The molecule has 1 aromatic carbocycles. The van der Waals surface area contributed by atoms with Gasteiger partial charge in [-0.15, -0.1) is 0 Å². The van der Waals surface area contributed by atoms with Crippen molar-refractivity contribution in [2.24, 2.45) is 0 Å². The Morgan fingerprint density at radius 2 is 1.79 bits per heavy atom. The molecule has 1 aliphatic heterocycles. The highest BCUT2D eigenvalue weighted by Crippen LogP contribution is 2.25. The molecule has 1 aliphatic rings. The van der Waals surface area contributed by atoms with Gasteiger partial charge in [-0.25, -0.2) is 4.98 Å². The van der Waals surface area contributed by atoms with Gasteiger partial charge in [0.25, 0.3) is 5.91 Å². The molecule has 0 N–H and O–H groups in total. The predicted molar refractivity (Wildman–Crippen MR) is 95.1 cm³/mol. The smallest absolute Gasteiger partial charge is 0.254 e. The normalized spacial score (nSPS) is 15.0. The van der Waals surface area contributed by atoms with E-state index in [0.29, 0.717) is 0 Å². The van der Waals surface area contributed by atoms with Crippen LogP contribution in [0.3, 0.4) is 0 Å². The highest BCUT2D eigenvalue weighted by Gasteiger charge is 2.19. The summed E-state index contributed by atoms with van der Waals surface area (Å²) in [5.41, 5.74) is 4.76. The SMILES string of the molecule is Cc1nc2cc(C(=O)N3CCCCC3)ccn2c1-c1ccccc1. The van der Waals surface area contributed by atoms with E-state index < -0.39 is 0 Å². The standard InChI is InChI=1S/C20H21N3O/c1-15-19(16-8-4-2-5-9-16)23-13-10-17(14-18(23)21-15)20(24)22-11-6-3-7-12-22/h2,4-5,8-10,13-14H,3,6-7,11-12H2,1H3. The molecule has 1 saturated heterocycles. The number of hydrogen-bond acceptors (Lipinski definition) is 2. The fourth-order valence-electron chi connectivity index (χ4n) is 3.52. The Hall–Kier alpha value is -2.62. The van der Waals surface area contributed by atoms with Gasteiger partial charge in [-0.05, 0) is 38.3 Å². The Kier molecular flexibility index (Phi) is 3.81. The number of aromatic nitrogens is 2. The summed E-state index contributed by atoms with van der Waals surface area (Å²) in [5.74, 6) is 0.124. The maximum Gasteiger partial charge on any atom is 0.254 e. The summed E-state index contributed by atoms with van der Waals surface area (Å²) in [6.45, 7) is 3.75. The lowest BCUT2D eigenvalue weighted by atomic mass is 10.1. The molecular formula is C20H21N3O. The summed E-state index contributed by atoms with van der Waals surface area (Å²) >= 11 is 0. The second-order valence-electron chi connectivity index (χ2n) is 6.41. The number of likely N-dealkylation sites (tertiary alicyclic amines) is 1. The van der Waals surface area contributed by atoms with Crippen molar-refractivity contribution in [1.29, 1.82) is 0 Å². The van der Waals surface area contributed by atoms with E-state index >= 15 is 0 Å². The van der Waals surface area contributed by atoms with E-state index in [1.165, 1.54) is 6.42 Å². The summed E-state index contributed by atoms with van der Waals surface area (Å²) in [7, 11) is 0. The molecule has 0 radical (unpaired) electrons. The van der Waals surface area contributed by atoms with E-state index in [2.05, 4.69) is 21.5 Å². The molecule has 0 atom stereocenters. The molecule has 1 fully saturated rings. The third-order valence-corrected chi connectivity index (χ3v) is 4.74. The minimum absolute atomic E-state index is 0.124. The highest BCUT2D eigenvalue weighted by molar-refractivity contribution is 5.95.